The van der Waals surface area contributed by atoms with Gasteiger partial charge in [-0.05, 0) is 29.8 Å². The summed E-state index contributed by atoms with van der Waals surface area (Å²) in [5, 5.41) is 10.4. The number of likely N-dealkylation sites (tertiary alicyclic amines) is 1. The maximum absolute atomic E-state index is 12.8. The van der Waals surface area contributed by atoms with Crippen molar-refractivity contribution in [1.82, 2.24) is 10.2 Å². The first-order valence-corrected chi connectivity index (χ1v) is 9.66. The summed E-state index contributed by atoms with van der Waals surface area (Å²) >= 11 is 0. The van der Waals surface area contributed by atoms with Gasteiger partial charge in [0.25, 0.3) is 0 Å². The van der Waals surface area contributed by atoms with Crippen molar-refractivity contribution in [3.8, 4) is 11.5 Å². The van der Waals surface area contributed by atoms with Gasteiger partial charge in [0.05, 0.1) is 13.7 Å². The third kappa shape index (κ3) is 5.08. The highest BCUT2D eigenvalue weighted by molar-refractivity contribution is 5.95. The Morgan fingerprint density at radius 3 is 2.57 bits per heavy atom. The van der Waals surface area contributed by atoms with Crippen molar-refractivity contribution in [2.75, 3.05) is 13.7 Å². The highest BCUT2D eigenvalue weighted by Crippen LogP contribution is 2.24. The molecule has 3 rings (SSSR count). The molecular formula is C22H26N4O4. The lowest BCUT2D eigenvalue weighted by atomic mass is 10.1. The number of nitrogens with one attached hydrogen (secondary N) is 2. The molecule has 2 aromatic carbocycles. The van der Waals surface area contributed by atoms with E-state index >= 15 is 0 Å². The van der Waals surface area contributed by atoms with Crippen molar-refractivity contribution in [1.29, 1.82) is 5.41 Å². The normalized spacial score (nSPS) is 18.0. The van der Waals surface area contributed by atoms with E-state index in [2.05, 4.69) is 5.32 Å². The molecule has 1 fully saturated rings. The number of carbonyl (C=O) groups excluding carboxylic acids is 2. The van der Waals surface area contributed by atoms with Gasteiger partial charge < -0.3 is 25.4 Å². The molecule has 0 saturated carbocycles. The Morgan fingerprint density at radius 1 is 1.20 bits per heavy atom. The van der Waals surface area contributed by atoms with E-state index in [1.54, 1.807) is 31.4 Å². The maximum atomic E-state index is 12.8. The van der Waals surface area contributed by atoms with Gasteiger partial charge in [0.1, 0.15) is 29.5 Å². The quantitative estimate of drug-likeness (QED) is 0.474. The van der Waals surface area contributed by atoms with Crippen LogP contribution in [0.2, 0.25) is 0 Å². The van der Waals surface area contributed by atoms with Crippen LogP contribution in [0.25, 0.3) is 0 Å². The van der Waals surface area contributed by atoms with Gasteiger partial charge in [0.2, 0.25) is 11.8 Å². The molecule has 1 aliphatic heterocycles. The first-order chi connectivity index (χ1) is 14.4. The number of amides is 2. The minimum Gasteiger partial charge on any atom is -0.497 e. The zero-order chi connectivity index (χ0) is 21.7. The zero-order valence-electron chi connectivity index (χ0n) is 17.1. The van der Waals surface area contributed by atoms with Crippen LogP contribution in [0.5, 0.6) is 11.5 Å². The lowest BCUT2D eigenvalue weighted by Crippen LogP contribution is -2.44. The molecule has 2 aromatic rings. The van der Waals surface area contributed by atoms with E-state index in [1.807, 2.05) is 24.3 Å². The topological polar surface area (TPSA) is 118 Å². The summed E-state index contributed by atoms with van der Waals surface area (Å²) in [5.41, 5.74) is 7.02. The van der Waals surface area contributed by atoms with Crippen molar-refractivity contribution in [3.63, 3.8) is 0 Å². The SMILES string of the molecule is COc1ccc(CNC(=O)[C@@H]2C[C@@H](Oc3cccc(C(=N)N)c3)CN2C(C)=O)cc1. The number of benzene rings is 2. The Morgan fingerprint density at radius 2 is 1.93 bits per heavy atom. The summed E-state index contributed by atoms with van der Waals surface area (Å²) < 4.78 is 11.1. The van der Waals surface area contributed by atoms with E-state index in [0.717, 1.165) is 11.3 Å². The van der Waals surface area contributed by atoms with Gasteiger partial charge in [-0.1, -0.05) is 24.3 Å². The van der Waals surface area contributed by atoms with Crippen molar-refractivity contribution in [2.24, 2.45) is 5.73 Å². The molecule has 8 nitrogen and oxygen atoms in total. The van der Waals surface area contributed by atoms with Crippen molar-refractivity contribution >= 4 is 17.6 Å². The van der Waals surface area contributed by atoms with E-state index in [-0.39, 0.29) is 23.8 Å². The molecule has 1 heterocycles. The molecule has 0 radical (unpaired) electrons. The molecule has 0 aromatic heterocycles. The summed E-state index contributed by atoms with van der Waals surface area (Å²) in [6, 6.07) is 13.7. The molecule has 8 heteroatoms. The van der Waals surface area contributed by atoms with Crippen LogP contribution in [0, 0.1) is 5.41 Å². The van der Waals surface area contributed by atoms with Crippen LogP contribution in [0.3, 0.4) is 0 Å². The smallest absolute Gasteiger partial charge is 0.243 e. The molecule has 30 heavy (non-hydrogen) atoms. The predicted octanol–water partition coefficient (Wildman–Crippen LogP) is 1.66. The highest BCUT2D eigenvalue weighted by Gasteiger charge is 2.39. The number of hydrogen-bond donors (Lipinski definition) is 3. The van der Waals surface area contributed by atoms with Crippen LogP contribution in [-0.2, 0) is 16.1 Å². The minimum absolute atomic E-state index is 0.0481. The second kappa shape index (κ2) is 9.30. The Hall–Kier alpha value is -3.55. The second-order valence-corrected chi connectivity index (χ2v) is 7.17. The van der Waals surface area contributed by atoms with Gasteiger partial charge >= 0.3 is 0 Å². The summed E-state index contributed by atoms with van der Waals surface area (Å²) in [6.45, 7) is 2.13. The predicted molar refractivity (Wildman–Crippen MR) is 113 cm³/mol. The largest absolute Gasteiger partial charge is 0.497 e. The van der Waals surface area contributed by atoms with Crippen LogP contribution < -0.4 is 20.5 Å². The molecule has 2 atom stereocenters. The number of nitrogen functional groups attached to an aromatic ring is 1. The molecular weight excluding hydrogens is 384 g/mol. The molecule has 2 amide bonds. The van der Waals surface area contributed by atoms with E-state index in [4.69, 9.17) is 20.6 Å². The van der Waals surface area contributed by atoms with Crippen LogP contribution >= 0.6 is 0 Å². The van der Waals surface area contributed by atoms with Crippen LogP contribution in [0.1, 0.15) is 24.5 Å². The standard InChI is InChI=1S/C22H26N4O4/c1-14(27)26-13-19(30-18-5-3-4-16(10-18)21(23)24)11-20(26)22(28)25-12-15-6-8-17(29-2)9-7-15/h3-10,19-20H,11-13H2,1-2H3,(H3,23,24)(H,25,28)/t19-,20+/m1/s1. The van der Waals surface area contributed by atoms with Crippen molar-refractivity contribution in [2.45, 2.75) is 32.0 Å². The fourth-order valence-electron chi connectivity index (χ4n) is 3.46. The molecule has 0 unspecified atom stereocenters. The minimum atomic E-state index is -0.596. The molecule has 0 spiro atoms. The lowest BCUT2D eigenvalue weighted by Gasteiger charge is -2.22. The van der Waals surface area contributed by atoms with Crippen molar-refractivity contribution in [3.05, 3.63) is 59.7 Å². The van der Waals surface area contributed by atoms with E-state index in [0.29, 0.717) is 30.8 Å². The van der Waals surface area contributed by atoms with E-state index < -0.39 is 6.04 Å². The fourth-order valence-corrected chi connectivity index (χ4v) is 3.46. The summed E-state index contributed by atoms with van der Waals surface area (Å²) in [7, 11) is 1.60. The summed E-state index contributed by atoms with van der Waals surface area (Å²) in [4.78, 5) is 26.4. The zero-order valence-corrected chi connectivity index (χ0v) is 17.1. The lowest BCUT2D eigenvalue weighted by molar-refractivity contribution is -0.137. The Balaban J connectivity index is 1.63. The number of amidine groups is 1. The first kappa shape index (κ1) is 21.2. The number of methoxy groups -OCH3 is 1. The van der Waals surface area contributed by atoms with Gasteiger partial charge in [-0.3, -0.25) is 15.0 Å². The molecule has 4 N–H and O–H groups in total. The Labute approximate surface area is 175 Å². The van der Waals surface area contributed by atoms with Crippen molar-refractivity contribution < 1.29 is 19.1 Å². The number of ether oxygens (including phenoxy) is 2. The van der Waals surface area contributed by atoms with Gasteiger partial charge in [0, 0.05) is 25.5 Å². The summed E-state index contributed by atoms with van der Waals surface area (Å²) in [5.74, 6) is 0.855. The Bertz CT molecular complexity index is 929. The molecule has 1 saturated heterocycles. The number of nitrogens with zero attached hydrogens (tertiary/aromatic N) is 1. The third-order valence-electron chi connectivity index (χ3n) is 5.04. The second-order valence-electron chi connectivity index (χ2n) is 7.17. The number of hydrogen-bond acceptors (Lipinski definition) is 5. The van der Waals surface area contributed by atoms with Gasteiger partial charge in [-0.2, -0.15) is 0 Å². The summed E-state index contributed by atoms with van der Waals surface area (Å²) in [6.07, 6.45) is 0.0612. The molecule has 158 valence electrons. The molecule has 0 bridgehead atoms. The average Bonchev–Trinajstić information content (AvgIpc) is 3.17. The van der Waals surface area contributed by atoms with Gasteiger partial charge in [0.15, 0.2) is 0 Å². The van der Waals surface area contributed by atoms with E-state index in [9.17, 15) is 9.59 Å². The maximum Gasteiger partial charge on any atom is 0.243 e. The third-order valence-corrected chi connectivity index (χ3v) is 5.04. The molecule has 0 aliphatic carbocycles. The van der Waals surface area contributed by atoms with Crippen LogP contribution in [-0.4, -0.2) is 48.4 Å². The van der Waals surface area contributed by atoms with Gasteiger partial charge in [-0.25, -0.2) is 0 Å². The number of nitrogens with two attached hydrogens (primary N) is 1. The van der Waals surface area contributed by atoms with Crippen LogP contribution in [0.15, 0.2) is 48.5 Å². The fraction of sp³-hybridized carbons (Fsp3) is 0.318. The van der Waals surface area contributed by atoms with Gasteiger partial charge in [-0.15, -0.1) is 0 Å². The first-order valence-electron chi connectivity index (χ1n) is 9.66. The van der Waals surface area contributed by atoms with E-state index in [1.165, 1.54) is 11.8 Å². The Kier molecular flexibility index (Phi) is 6.56. The van der Waals surface area contributed by atoms with Crippen LogP contribution in [0.4, 0.5) is 0 Å². The number of rotatable bonds is 7. The monoisotopic (exact) mass is 410 g/mol. The number of carbonyl (C=O) groups is 2. The average molecular weight is 410 g/mol. The highest BCUT2D eigenvalue weighted by atomic mass is 16.5. The molecule has 1 aliphatic rings.